The molecular formula is C11H14ClNO2. The van der Waals surface area contributed by atoms with Gasteiger partial charge in [-0.2, -0.15) is 0 Å². The van der Waals surface area contributed by atoms with E-state index in [1.54, 1.807) is 0 Å². The maximum Gasteiger partial charge on any atom is 0.313 e. The first-order chi connectivity index (χ1) is 6.83. The summed E-state index contributed by atoms with van der Waals surface area (Å²) in [6.45, 7) is 0.830. The molecule has 1 aliphatic rings. The SMILES string of the molecule is COC(=O)C1CCNc2ccccc21.Cl. The second kappa shape index (κ2) is 5.03. The fourth-order valence-electron chi connectivity index (χ4n) is 1.86. The van der Waals surface area contributed by atoms with Crippen LogP contribution in [0.15, 0.2) is 24.3 Å². The van der Waals surface area contributed by atoms with Gasteiger partial charge in [0, 0.05) is 12.2 Å². The van der Waals surface area contributed by atoms with E-state index in [-0.39, 0.29) is 24.3 Å². The van der Waals surface area contributed by atoms with Crippen LogP contribution in [0.4, 0.5) is 5.69 Å². The van der Waals surface area contributed by atoms with Gasteiger partial charge in [0.25, 0.3) is 0 Å². The number of carbonyl (C=O) groups excluding carboxylic acids is 1. The molecule has 0 spiro atoms. The average Bonchev–Trinajstić information content (AvgIpc) is 2.27. The molecule has 1 aromatic carbocycles. The summed E-state index contributed by atoms with van der Waals surface area (Å²) in [6, 6.07) is 7.88. The van der Waals surface area contributed by atoms with Gasteiger partial charge in [-0.1, -0.05) is 18.2 Å². The van der Waals surface area contributed by atoms with Crippen LogP contribution in [0, 0.1) is 0 Å². The zero-order valence-corrected chi connectivity index (χ0v) is 9.34. The van der Waals surface area contributed by atoms with E-state index in [0.29, 0.717) is 0 Å². The van der Waals surface area contributed by atoms with Gasteiger partial charge in [0.2, 0.25) is 0 Å². The van der Waals surface area contributed by atoms with Gasteiger partial charge < -0.3 is 10.1 Å². The van der Waals surface area contributed by atoms with E-state index >= 15 is 0 Å². The summed E-state index contributed by atoms with van der Waals surface area (Å²) in [6.07, 6.45) is 0.809. The quantitative estimate of drug-likeness (QED) is 0.748. The lowest BCUT2D eigenvalue weighted by molar-refractivity contribution is -0.142. The molecule has 1 heterocycles. The molecule has 2 rings (SSSR count). The van der Waals surface area contributed by atoms with Crippen LogP contribution in [0.3, 0.4) is 0 Å². The molecule has 0 fully saturated rings. The van der Waals surface area contributed by atoms with Crippen molar-refractivity contribution in [2.75, 3.05) is 19.0 Å². The number of fused-ring (bicyclic) bond motifs is 1. The minimum Gasteiger partial charge on any atom is -0.469 e. The van der Waals surface area contributed by atoms with E-state index in [0.717, 1.165) is 24.2 Å². The smallest absolute Gasteiger partial charge is 0.313 e. The van der Waals surface area contributed by atoms with E-state index < -0.39 is 0 Å². The monoisotopic (exact) mass is 227 g/mol. The Labute approximate surface area is 95.2 Å². The van der Waals surface area contributed by atoms with Crippen LogP contribution in [-0.2, 0) is 9.53 Å². The third-order valence-electron chi connectivity index (χ3n) is 2.57. The second-order valence-electron chi connectivity index (χ2n) is 3.38. The summed E-state index contributed by atoms with van der Waals surface area (Å²) in [5.74, 6) is -0.239. The summed E-state index contributed by atoms with van der Waals surface area (Å²) in [4.78, 5) is 11.5. The number of nitrogens with one attached hydrogen (secondary N) is 1. The highest BCUT2D eigenvalue weighted by Crippen LogP contribution is 2.31. The van der Waals surface area contributed by atoms with E-state index in [4.69, 9.17) is 4.74 Å². The highest BCUT2D eigenvalue weighted by molar-refractivity contribution is 5.85. The lowest BCUT2D eigenvalue weighted by atomic mass is 9.91. The van der Waals surface area contributed by atoms with Gasteiger partial charge in [-0.15, -0.1) is 12.4 Å². The third kappa shape index (κ3) is 2.23. The number of para-hydroxylation sites is 1. The maximum absolute atomic E-state index is 11.5. The van der Waals surface area contributed by atoms with Crippen molar-refractivity contribution >= 4 is 24.1 Å². The van der Waals surface area contributed by atoms with Crippen molar-refractivity contribution < 1.29 is 9.53 Å². The number of hydrogen-bond acceptors (Lipinski definition) is 3. The van der Waals surface area contributed by atoms with E-state index in [1.165, 1.54) is 7.11 Å². The Morgan fingerprint density at radius 1 is 1.47 bits per heavy atom. The van der Waals surface area contributed by atoms with Gasteiger partial charge in [0.1, 0.15) is 0 Å². The molecule has 0 radical (unpaired) electrons. The molecule has 0 bridgehead atoms. The molecule has 4 heteroatoms. The van der Waals surface area contributed by atoms with Crippen molar-refractivity contribution in [2.24, 2.45) is 0 Å². The zero-order chi connectivity index (χ0) is 9.97. The van der Waals surface area contributed by atoms with E-state index in [9.17, 15) is 4.79 Å². The molecule has 1 aliphatic heterocycles. The molecule has 1 aromatic rings. The van der Waals surface area contributed by atoms with Crippen LogP contribution < -0.4 is 5.32 Å². The number of methoxy groups -OCH3 is 1. The van der Waals surface area contributed by atoms with Crippen LogP contribution in [0.1, 0.15) is 17.9 Å². The Morgan fingerprint density at radius 3 is 2.93 bits per heavy atom. The fourth-order valence-corrected chi connectivity index (χ4v) is 1.86. The summed E-state index contributed by atoms with van der Waals surface area (Å²) < 4.78 is 4.78. The summed E-state index contributed by atoms with van der Waals surface area (Å²) >= 11 is 0. The van der Waals surface area contributed by atoms with Crippen LogP contribution in [0.25, 0.3) is 0 Å². The number of esters is 1. The first-order valence-corrected chi connectivity index (χ1v) is 4.73. The number of ether oxygens (including phenoxy) is 1. The minimum absolute atomic E-state index is 0. The summed E-state index contributed by atoms with van der Waals surface area (Å²) in [5, 5.41) is 3.26. The molecule has 3 nitrogen and oxygen atoms in total. The van der Waals surface area contributed by atoms with Crippen LogP contribution in [0.5, 0.6) is 0 Å². The molecule has 0 amide bonds. The Bertz CT molecular complexity index is 354. The van der Waals surface area contributed by atoms with Crippen molar-refractivity contribution in [3.05, 3.63) is 29.8 Å². The Kier molecular flexibility index (Phi) is 3.97. The third-order valence-corrected chi connectivity index (χ3v) is 2.57. The van der Waals surface area contributed by atoms with Crippen LogP contribution in [0.2, 0.25) is 0 Å². The van der Waals surface area contributed by atoms with Crippen molar-refractivity contribution in [3.8, 4) is 0 Å². The predicted molar refractivity (Wildman–Crippen MR) is 61.6 cm³/mol. The van der Waals surface area contributed by atoms with Crippen molar-refractivity contribution in [1.29, 1.82) is 0 Å². The number of carbonyl (C=O) groups is 1. The Morgan fingerprint density at radius 2 is 2.20 bits per heavy atom. The molecule has 1 unspecified atom stereocenters. The van der Waals surface area contributed by atoms with Crippen molar-refractivity contribution in [2.45, 2.75) is 12.3 Å². The lowest BCUT2D eigenvalue weighted by Gasteiger charge is -2.24. The number of rotatable bonds is 1. The standard InChI is InChI=1S/C11H13NO2.ClH/c1-14-11(13)9-6-7-12-10-5-3-2-4-8(9)10;/h2-5,9,12H,6-7H2,1H3;1H. The molecule has 0 aromatic heterocycles. The molecular weight excluding hydrogens is 214 g/mol. The Hall–Kier alpha value is -1.22. The van der Waals surface area contributed by atoms with Gasteiger partial charge in [0.15, 0.2) is 0 Å². The van der Waals surface area contributed by atoms with Gasteiger partial charge in [-0.05, 0) is 18.1 Å². The fraction of sp³-hybridized carbons (Fsp3) is 0.364. The molecule has 1 N–H and O–H groups in total. The highest BCUT2D eigenvalue weighted by Gasteiger charge is 2.26. The number of benzene rings is 1. The highest BCUT2D eigenvalue weighted by atomic mass is 35.5. The first kappa shape index (κ1) is 11.9. The van der Waals surface area contributed by atoms with Gasteiger partial charge in [-0.25, -0.2) is 0 Å². The van der Waals surface area contributed by atoms with Gasteiger partial charge in [0.05, 0.1) is 13.0 Å². The molecule has 82 valence electrons. The molecule has 15 heavy (non-hydrogen) atoms. The summed E-state index contributed by atoms with van der Waals surface area (Å²) in [7, 11) is 1.44. The lowest BCUT2D eigenvalue weighted by Crippen LogP contribution is -2.23. The Balaban J connectivity index is 0.00000112. The van der Waals surface area contributed by atoms with E-state index in [2.05, 4.69) is 5.32 Å². The predicted octanol–water partition coefficient (Wildman–Crippen LogP) is 2.18. The van der Waals surface area contributed by atoms with Gasteiger partial charge in [-0.3, -0.25) is 4.79 Å². The average molecular weight is 228 g/mol. The molecule has 1 atom stereocenters. The molecule has 0 saturated carbocycles. The topological polar surface area (TPSA) is 38.3 Å². The number of halogens is 1. The van der Waals surface area contributed by atoms with Gasteiger partial charge >= 0.3 is 5.97 Å². The van der Waals surface area contributed by atoms with Crippen LogP contribution >= 0.6 is 12.4 Å². The zero-order valence-electron chi connectivity index (χ0n) is 8.53. The maximum atomic E-state index is 11.5. The van der Waals surface area contributed by atoms with Crippen molar-refractivity contribution in [1.82, 2.24) is 0 Å². The van der Waals surface area contributed by atoms with Crippen molar-refractivity contribution in [3.63, 3.8) is 0 Å². The van der Waals surface area contributed by atoms with Crippen LogP contribution in [-0.4, -0.2) is 19.6 Å². The molecule has 0 aliphatic carbocycles. The first-order valence-electron chi connectivity index (χ1n) is 4.73. The normalized spacial score (nSPS) is 18.1. The molecule has 0 saturated heterocycles. The second-order valence-corrected chi connectivity index (χ2v) is 3.38. The number of hydrogen-bond donors (Lipinski definition) is 1. The largest absolute Gasteiger partial charge is 0.469 e. The number of anilines is 1. The van der Waals surface area contributed by atoms with E-state index in [1.807, 2.05) is 24.3 Å². The minimum atomic E-state index is -0.140. The summed E-state index contributed by atoms with van der Waals surface area (Å²) in [5.41, 5.74) is 2.10.